The Kier molecular flexibility index (Phi) is 3.77. The van der Waals surface area contributed by atoms with Crippen molar-refractivity contribution in [3.05, 3.63) is 35.4 Å². The van der Waals surface area contributed by atoms with Crippen LogP contribution in [0.4, 0.5) is 13.2 Å². The Labute approximate surface area is 97.0 Å². The third-order valence-corrected chi connectivity index (χ3v) is 2.28. The number of likely N-dealkylation sites (N-methyl/N-ethyl adjacent to an activating group) is 1. The van der Waals surface area contributed by atoms with Gasteiger partial charge in [0.1, 0.15) is 6.04 Å². The average molecular weight is 246 g/mol. The van der Waals surface area contributed by atoms with Gasteiger partial charge in [0.05, 0.1) is 5.56 Å². The number of hydrogen-bond donors (Lipinski definition) is 1. The van der Waals surface area contributed by atoms with Crippen molar-refractivity contribution in [1.29, 1.82) is 0 Å². The van der Waals surface area contributed by atoms with Gasteiger partial charge in [-0.15, -0.1) is 0 Å². The molecule has 1 rings (SSSR count). The van der Waals surface area contributed by atoms with E-state index in [1.807, 2.05) is 0 Å². The maximum Gasteiger partial charge on any atom is 0.416 e. The summed E-state index contributed by atoms with van der Waals surface area (Å²) in [4.78, 5) is 12.8. The van der Waals surface area contributed by atoms with Crippen molar-refractivity contribution in [3.8, 4) is 0 Å². The summed E-state index contributed by atoms with van der Waals surface area (Å²) in [5.74, 6) is -0.440. The van der Waals surface area contributed by atoms with E-state index in [2.05, 4.69) is 0 Å². The van der Waals surface area contributed by atoms with Crippen molar-refractivity contribution in [2.75, 3.05) is 14.1 Å². The largest absolute Gasteiger partial charge is 0.416 e. The molecule has 3 nitrogen and oxygen atoms in total. The molecular weight excluding hydrogens is 233 g/mol. The van der Waals surface area contributed by atoms with Gasteiger partial charge in [0, 0.05) is 14.1 Å². The Morgan fingerprint density at radius 2 is 1.94 bits per heavy atom. The van der Waals surface area contributed by atoms with Crippen molar-refractivity contribution >= 4 is 5.91 Å². The highest BCUT2D eigenvalue weighted by atomic mass is 19.4. The van der Waals surface area contributed by atoms with Gasteiger partial charge in [0.25, 0.3) is 0 Å². The van der Waals surface area contributed by atoms with Crippen LogP contribution in [0.25, 0.3) is 0 Å². The lowest BCUT2D eigenvalue weighted by molar-refractivity contribution is -0.138. The van der Waals surface area contributed by atoms with Crippen LogP contribution in [0.3, 0.4) is 0 Å². The number of carbonyl (C=O) groups is 1. The van der Waals surface area contributed by atoms with Crippen LogP contribution in [0.15, 0.2) is 24.3 Å². The molecule has 0 spiro atoms. The van der Waals surface area contributed by atoms with E-state index in [1.165, 1.54) is 31.1 Å². The van der Waals surface area contributed by atoms with Gasteiger partial charge in [-0.2, -0.15) is 13.2 Å². The van der Waals surface area contributed by atoms with Crippen LogP contribution in [-0.4, -0.2) is 24.9 Å². The molecule has 0 heterocycles. The highest BCUT2D eigenvalue weighted by molar-refractivity contribution is 5.82. The molecule has 0 aliphatic carbocycles. The number of nitrogens with two attached hydrogens (primary N) is 1. The highest BCUT2D eigenvalue weighted by Crippen LogP contribution is 2.30. The van der Waals surface area contributed by atoms with Crippen molar-refractivity contribution < 1.29 is 18.0 Å². The lowest BCUT2D eigenvalue weighted by Gasteiger charge is -2.18. The summed E-state index contributed by atoms with van der Waals surface area (Å²) in [6.45, 7) is 0. The first kappa shape index (κ1) is 13.5. The molecule has 17 heavy (non-hydrogen) atoms. The quantitative estimate of drug-likeness (QED) is 0.864. The van der Waals surface area contributed by atoms with E-state index in [0.717, 1.165) is 12.1 Å². The van der Waals surface area contributed by atoms with Gasteiger partial charge in [0.2, 0.25) is 5.91 Å². The van der Waals surface area contributed by atoms with Gasteiger partial charge in [-0.05, 0) is 17.7 Å². The van der Waals surface area contributed by atoms with Crippen LogP contribution in [0.2, 0.25) is 0 Å². The molecule has 6 heteroatoms. The summed E-state index contributed by atoms with van der Waals surface area (Å²) in [5, 5.41) is 0. The molecule has 1 unspecified atom stereocenters. The highest BCUT2D eigenvalue weighted by Gasteiger charge is 2.31. The van der Waals surface area contributed by atoms with Crippen molar-refractivity contribution in [1.82, 2.24) is 4.90 Å². The summed E-state index contributed by atoms with van der Waals surface area (Å²) in [5.41, 5.74) is 4.94. The first-order valence-corrected chi connectivity index (χ1v) is 4.87. The number of benzene rings is 1. The van der Waals surface area contributed by atoms with E-state index in [4.69, 9.17) is 5.73 Å². The molecule has 1 aromatic rings. The van der Waals surface area contributed by atoms with Gasteiger partial charge in [0.15, 0.2) is 0 Å². The lowest BCUT2D eigenvalue weighted by atomic mass is 10.0. The number of amides is 1. The van der Waals surface area contributed by atoms with Crippen molar-refractivity contribution in [3.63, 3.8) is 0 Å². The molecule has 1 amide bonds. The zero-order valence-corrected chi connectivity index (χ0v) is 9.45. The van der Waals surface area contributed by atoms with Crippen molar-refractivity contribution in [2.45, 2.75) is 12.2 Å². The minimum atomic E-state index is -4.43. The number of alkyl halides is 3. The van der Waals surface area contributed by atoms with E-state index < -0.39 is 23.7 Å². The van der Waals surface area contributed by atoms with E-state index >= 15 is 0 Å². The Balaban J connectivity index is 3.04. The molecule has 1 atom stereocenters. The van der Waals surface area contributed by atoms with Gasteiger partial charge >= 0.3 is 6.18 Å². The summed E-state index contributed by atoms with van der Waals surface area (Å²) in [7, 11) is 2.99. The molecule has 0 radical (unpaired) electrons. The Hall–Kier alpha value is -1.56. The van der Waals surface area contributed by atoms with Gasteiger partial charge in [-0.3, -0.25) is 4.79 Å². The van der Waals surface area contributed by atoms with Crippen LogP contribution in [0.5, 0.6) is 0 Å². The van der Waals surface area contributed by atoms with Crippen LogP contribution >= 0.6 is 0 Å². The lowest BCUT2D eigenvalue weighted by Crippen LogP contribution is -2.33. The maximum atomic E-state index is 12.5. The van der Waals surface area contributed by atoms with Crippen LogP contribution in [-0.2, 0) is 11.0 Å². The maximum absolute atomic E-state index is 12.5. The molecule has 0 aliphatic rings. The van der Waals surface area contributed by atoms with Crippen LogP contribution in [0, 0.1) is 0 Å². The summed E-state index contributed by atoms with van der Waals surface area (Å²) < 4.78 is 37.4. The average Bonchev–Trinajstić information content (AvgIpc) is 2.26. The van der Waals surface area contributed by atoms with Crippen LogP contribution in [0.1, 0.15) is 17.2 Å². The molecule has 0 aliphatic heterocycles. The van der Waals surface area contributed by atoms with E-state index in [-0.39, 0.29) is 5.56 Å². The molecular formula is C11H13F3N2O. The molecule has 0 bridgehead atoms. The SMILES string of the molecule is CN(C)C(=O)C(N)c1cccc(C(F)(F)F)c1. The fourth-order valence-corrected chi connectivity index (χ4v) is 1.33. The first-order valence-electron chi connectivity index (χ1n) is 4.87. The van der Waals surface area contributed by atoms with Crippen LogP contribution < -0.4 is 5.73 Å². The minimum Gasteiger partial charge on any atom is -0.347 e. The number of halogens is 3. The van der Waals surface area contributed by atoms with E-state index in [0.29, 0.717) is 0 Å². The monoisotopic (exact) mass is 246 g/mol. The predicted molar refractivity (Wildman–Crippen MR) is 57.1 cm³/mol. The van der Waals surface area contributed by atoms with E-state index in [1.54, 1.807) is 0 Å². The molecule has 94 valence electrons. The number of carbonyl (C=O) groups excluding carboxylic acids is 1. The van der Waals surface area contributed by atoms with Crippen molar-refractivity contribution in [2.24, 2.45) is 5.73 Å². The predicted octanol–water partition coefficient (Wildman–Crippen LogP) is 1.79. The van der Waals surface area contributed by atoms with E-state index in [9.17, 15) is 18.0 Å². The molecule has 0 fully saturated rings. The zero-order valence-electron chi connectivity index (χ0n) is 9.45. The molecule has 0 aromatic heterocycles. The van der Waals surface area contributed by atoms with Gasteiger partial charge < -0.3 is 10.6 Å². The number of hydrogen-bond acceptors (Lipinski definition) is 2. The van der Waals surface area contributed by atoms with Gasteiger partial charge in [-0.1, -0.05) is 12.1 Å². The molecule has 1 aromatic carbocycles. The molecule has 0 saturated carbocycles. The Morgan fingerprint density at radius 3 is 2.41 bits per heavy atom. The smallest absolute Gasteiger partial charge is 0.347 e. The summed E-state index contributed by atoms with van der Waals surface area (Å²) in [6.07, 6.45) is -4.43. The number of nitrogens with zero attached hydrogens (tertiary/aromatic N) is 1. The second-order valence-electron chi connectivity index (χ2n) is 3.83. The molecule has 0 saturated heterocycles. The second kappa shape index (κ2) is 4.75. The number of rotatable bonds is 2. The molecule has 2 N–H and O–H groups in total. The van der Waals surface area contributed by atoms with Gasteiger partial charge in [-0.25, -0.2) is 0 Å². The first-order chi connectivity index (χ1) is 7.73. The third kappa shape index (κ3) is 3.20. The second-order valence-corrected chi connectivity index (χ2v) is 3.83. The standard InChI is InChI=1S/C11H13F3N2O/c1-16(2)10(17)9(15)7-4-3-5-8(6-7)11(12,13)14/h3-6,9H,15H2,1-2H3. The Bertz CT molecular complexity index is 415. The normalized spacial score (nSPS) is 13.3. The third-order valence-electron chi connectivity index (χ3n) is 2.28. The fraction of sp³-hybridized carbons (Fsp3) is 0.364. The minimum absolute atomic E-state index is 0.151. The zero-order chi connectivity index (χ0) is 13.2. The summed E-state index contributed by atoms with van der Waals surface area (Å²) in [6, 6.07) is 3.40. The Morgan fingerprint density at radius 1 is 1.35 bits per heavy atom. The summed E-state index contributed by atoms with van der Waals surface area (Å²) >= 11 is 0. The fourth-order valence-electron chi connectivity index (χ4n) is 1.33. The topological polar surface area (TPSA) is 46.3 Å².